The van der Waals surface area contributed by atoms with E-state index in [1.807, 2.05) is 11.4 Å². The number of Topliss-reactive ketones (excluding diaryl/α,β-unsaturated/α-hetero) is 1. The molecule has 0 N–H and O–H groups in total. The van der Waals surface area contributed by atoms with Crippen LogP contribution in [-0.4, -0.2) is 10.8 Å². The molecule has 0 spiro atoms. The minimum absolute atomic E-state index is 0.0888. The van der Waals surface area contributed by atoms with Crippen LogP contribution in [0.15, 0.2) is 23.6 Å². The van der Waals surface area contributed by atoms with Gasteiger partial charge < -0.3 is 4.74 Å². The van der Waals surface area contributed by atoms with Crippen LogP contribution in [0.5, 0.6) is 5.75 Å². The van der Waals surface area contributed by atoms with E-state index in [1.54, 1.807) is 19.1 Å². The van der Waals surface area contributed by atoms with Gasteiger partial charge in [0.25, 0.3) is 0 Å². The molecule has 3 nitrogen and oxygen atoms in total. The molecule has 2 aromatic heterocycles. The van der Waals surface area contributed by atoms with E-state index in [2.05, 4.69) is 4.98 Å². The number of fused-ring (bicyclic) bond motifs is 2. The lowest BCUT2D eigenvalue weighted by Crippen LogP contribution is -2.04. The van der Waals surface area contributed by atoms with E-state index in [-0.39, 0.29) is 11.9 Å². The van der Waals surface area contributed by atoms with Crippen molar-refractivity contribution in [3.05, 3.63) is 55.6 Å². The smallest absolute Gasteiger partial charge is 0.141 e. The lowest BCUT2D eigenvalue weighted by Gasteiger charge is -2.17. The number of ketones is 1. The van der Waals surface area contributed by atoms with Gasteiger partial charge in [0.2, 0.25) is 0 Å². The Hall–Kier alpha value is -1.33. The quantitative estimate of drug-likeness (QED) is 0.450. The lowest BCUT2D eigenvalue weighted by atomic mass is 10.1. The molecule has 134 valence electrons. The third kappa shape index (κ3) is 3.20. The fourth-order valence-corrected chi connectivity index (χ4v) is 5.23. The average Bonchev–Trinajstić information content (AvgIpc) is 3.16. The average molecular weight is 427 g/mol. The van der Waals surface area contributed by atoms with Crippen LogP contribution in [0, 0.1) is 0 Å². The minimum atomic E-state index is -0.127. The number of benzene rings is 1. The van der Waals surface area contributed by atoms with Crippen LogP contribution in [0.3, 0.4) is 0 Å². The van der Waals surface area contributed by atoms with E-state index in [0.29, 0.717) is 27.4 Å². The summed E-state index contributed by atoms with van der Waals surface area (Å²) in [6.07, 6.45) is 1.85. The summed E-state index contributed by atoms with van der Waals surface area (Å²) in [5, 5.41) is 4.33. The molecule has 0 aliphatic heterocycles. The number of thiophene rings is 1. The molecule has 4 rings (SSSR count). The monoisotopic (exact) mass is 425 g/mol. The van der Waals surface area contributed by atoms with Gasteiger partial charge in [-0.1, -0.05) is 40.9 Å². The Balaban J connectivity index is 1.71. The zero-order valence-electron chi connectivity index (χ0n) is 13.8. The molecule has 1 atom stereocenters. The summed E-state index contributed by atoms with van der Waals surface area (Å²) in [5.74, 6) is 0.638. The van der Waals surface area contributed by atoms with E-state index in [4.69, 9.17) is 39.5 Å². The summed E-state index contributed by atoms with van der Waals surface area (Å²) in [6.45, 7) is 1.56. The zero-order valence-corrected chi connectivity index (χ0v) is 16.9. The van der Waals surface area contributed by atoms with E-state index in [1.165, 1.54) is 11.3 Å². The largest absolute Gasteiger partial charge is 0.484 e. The molecular weight excluding hydrogens is 413 g/mol. The van der Waals surface area contributed by atoms with Gasteiger partial charge >= 0.3 is 0 Å². The van der Waals surface area contributed by atoms with Crippen molar-refractivity contribution < 1.29 is 9.53 Å². The van der Waals surface area contributed by atoms with E-state index in [0.717, 1.165) is 39.7 Å². The van der Waals surface area contributed by atoms with Crippen LogP contribution < -0.4 is 4.74 Å². The Labute approximate surface area is 169 Å². The molecule has 0 saturated heterocycles. The number of hydrogen-bond donors (Lipinski definition) is 0. The second kappa shape index (κ2) is 7.01. The highest BCUT2D eigenvalue weighted by molar-refractivity contribution is 7.18. The molecule has 0 bridgehead atoms. The van der Waals surface area contributed by atoms with Gasteiger partial charge in [0, 0.05) is 29.1 Å². The molecule has 1 aromatic carbocycles. The van der Waals surface area contributed by atoms with E-state index in [9.17, 15) is 4.79 Å². The van der Waals surface area contributed by atoms with Crippen molar-refractivity contribution in [1.29, 1.82) is 0 Å². The topological polar surface area (TPSA) is 39.2 Å². The van der Waals surface area contributed by atoms with Crippen molar-refractivity contribution in [1.82, 2.24) is 4.98 Å². The van der Waals surface area contributed by atoms with Gasteiger partial charge in [0.1, 0.15) is 27.8 Å². The summed E-state index contributed by atoms with van der Waals surface area (Å²) in [6, 6.07) is 5.46. The van der Waals surface area contributed by atoms with Crippen molar-refractivity contribution in [3.8, 4) is 5.75 Å². The zero-order chi connectivity index (χ0) is 18.4. The Morgan fingerprint density at radius 1 is 1.35 bits per heavy atom. The molecule has 1 aliphatic rings. The Bertz CT molecular complexity index is 1030. The Morgan fingerprint density at radius 3 is 2.92 bits per heavy atom. The van der Waals surface area contributed by atoms with Crippen LogP contribution in [-0.2, 0) is 17.6 Å². The third-order valence-corrected chi connectivity index (χ3v) is 6.50. The maximum absolute atomic E-state index is 11.5. The number of ether oxygens (including phenoxy) is 1. The predicted octanol–water partition coefficient (Wildman–Crippen LogP) is 6.45. The molecule has 26 heavy (non-hydrogen) atoms. The first kappa shape index (κ1) is 18.1. The molecule has 3 aromatic rings. The molecule has 1 aliphatic carbocycles. The highest BCUT2D eigenvalue weighted by Gasteiger charge is 2.27. The molecule has 1 unspecified atom stereocenters. The first-order valence-corrected chi connectivity index (χ1v) is 10.1. The van der Waals surface area contributed by atoms with Crippen molar-refractivity contribution in [3.63, 3.8) is 0 Å². The van der Waals surface area contributed by atoms with Crippen LogP contribution in [0.2, 0.25) is 15.2 Å². The van der Waals surface area contributed by atoms with Crippen LogP contribution in [0.1, 0.15) is 36.3 Å². The maximum Gasteiger partial charge on any atom is 0.141 e. The number of nitrogens with zero attached hydrogens (tertiary/aromatic N) is 1. The van der Waals surface area contributed by atoms with Crippen molar-refractivity contribution in [2.75, 3.05) is 0 Å². The number of rotatable bonds is 4. The van der Waals surface area contributed by atoms with Crippen molar-refractivity contribution in [2.45, 2.75) is 32.3 Å². The standard InChI is InChI=1S/C19H14Cl3NO2S/c1-9(24)6-10-8-26-19-17(10)12(20)7-15(18(19)22)25-14-4-3-13-11(14)2-5-16(21)23-13/h2,5,7-8,14H,3-4,6H2,1H3. The highest BCUT2D eigenvalue weighted by Crippen LogP contribution is 2.45. The fourth-order valence-electron chi connectivity index (χ4n) is 3.34. The molecular formula is C19H14Cl3NO2S. The lowest BCUT2D eigenvalue weighted by molar-refractivity contribution is -0.116. The van der Waals surface area contributed by atoms with Crippen LogP contribution >= 0.6 is 46.1 Å². The second-order valence-electron chi connectivity index (χ2n) is 6.33. The molecule has 0 radical (unpaired) electrons. The van der Waals surface area contributed by atoms with Gasteiger partial charge in [-0.3, -0.25) is 4.79 Å². The van der Waals surface area contributed by atoms with E-state index < -0.39 is 0 Å². The molecule has 0 amide bonds. The normalized spacial score (nSPS) is 16.1. The molecule has 2 heterocycles. The Morgan fingerprint density at radius 2 is 2.15 bits per heavy atom. The van der Waals surface area contributed by atoms with Gasteiger partial charge in [-0.25, -0.2) is 4.98 Å². The molecule has 7 heteroatoms. The van der Waals surface area contributed by atoms with Crippen molar-refractivity contribution in [2.24, 2.45) is 0 Å². The van der Waals surface area contributed by atoms with Gasteiger partial charge in [0.05, 0.1) is 9.72 Å². The fraction of sp³-hybridized carbons (Fsp3) is 0.263. The first-order chi connectivity index (χ1) is 12.4. The summed E-state index contributed by atoms with van der Waals surface area (Å²) in [7, 11) is 0. The number of aryl methyl sites for hydroxylation is 1. The number of halogens is 3. The van der Waals surface area contributed by atoms with E-state index >= 15 is 0 Å². The summed E-state index contributed by atoms with van der Waals surface area (Å²) in [5.41, 5.74) is 2.90. The summed E-state index contributed by atoms with van der Waals surface area (Å²) < 4.78 is 7.04. The Kier molecular flexibility index (Phi) is 4.86. The molecule has 0 fully saturated rings. The number of carbonyl (C=O) groups is 1. The number of carbonyl (C=O) groups excluding carboxylic acids is 1. The summed E-state index contributed by atoms with van der Waals surface area (Å²) >= 11 is 20.5. The van der Waals surface area contributed by atoms with Crippen LogP contribution in [0.25, 0.3) is 10.1 Å². The highest BCUT2D eigenvalue weighted by atomic mass is 35.5. The van der Waals surface area contributed by atoms with Gasteiger partial charge in [-0.2, -0.15) is 0 Å². The second-order valence-corrected chi connectivity index (χ2v) is 8.38. The number of hydrogen-bond acceptors (Lipinski definition) is 4. The van der Waals surface area contributed by atoms with Crippen LogP contribution in [0.4, 0.5) is 0 Å². The predicted molar refractivity (Wildman–Crippen MR) is 107 cm³/mol. The number of pyridine rings is 1. The minimum Gasteiger partial charge on any atom is -0.484 e. The van der Waals surface area contributed by atoms with Gasteiger partial charge in [0.15, 0.2) is 0 Å². The van der Waals surface area contributed by atoms with Gasteiger partial charge in [-0.15, -0.1) is 11.3 Å². The molecule has 0 saturated carbocycles. The van der Waals surface area contributed by atoms with Gasteiger partial charge in [-0.05, 0) is 36.8 Å². The maximum atomic E-state index is 11.5. The first-order valence-electron chi connectivity index (χ1n) is 8.13. The number of aromatic nitrogens is 1. The summed E-state index contributed by atoms with van der Waals surface area (Å²) in [4.78, 5) is 15.8. The third-order valence-electron chi connectivity index (χ3n) is 4.45. The van der Waals surface area contributed by atoms with Crippen molar-refractivity contribution >= 4 is 62.0 Å². The SMILES string of the molecule is CC(=O)Cc1csc2c(Cl)c(OC3CCc4nc(Cl)ccc43)cc(Cl)c12.